The van der Waals surface area contributed by atoms with Gasteiger partial charge in [-0.3, -0.25) is 0 Å². The fourth-order valence-electron chi connectivity index (χ4n) is 1.54. The summed E-state index contributed by atoms with van der Waals surface area (Å²) in [4.78, 5) is 0. The molecule has 0 rings (SSSR count). The molecule has 0 spiro atoms. The van der Waals surface area contributed by atoms with Crippen molar-refractivity contribution in [3.63, 3.8) is 0 Å². The highest BCUT2D eigenvalue weighted by Crippen LogP contribution is 2.18. The Morgan fingerprint density at radius 1 is 1.00 bits per heavy atom. The molecule has 2 nitrogen and oxygen atoms in total. The van der Waals surface area contributed by atoms with E-state index in [2.05, 4.69) is 13.8 Å². The van der Waals surface area contributed by atoms with E-state index in [1.807, 2.05) is 0 Å². The Hall–Kier alpha value is -0.0800. The van der Waals surface area contributed by atoms with Crippen LogP contribution >= 0.6 is 0 Å². The normalized spacial score (nSPS) is 15.7. The van der Waals surface area contributed by atoms with Crippen LogP contribution in [0.4, 0.5) is 0 Å². The minimum Gasteiger partial charge on any atom is -0.394 e. The van der Waals surface area contributed by atoms with Crippen LogP contribution in [0.2, 0.25) is 0 Å². The zero-order valence-corrected chi connectivity index (χ0v) is 9.18. The molecule has 0 radical (unpaired) electrons. The van der Waals surface area contributed by atoms with Gasteiger partial charge in [-0.2, -0.15) is 0 Å². The van der Waals surface area contributed by atoms with Crippen molar-refractivity contribution in [1.82, 2.24) is 0 Å². The number of rotatable bonds is 8. The summed E-state index contributed by atoms with van der Waals surface area (Å²) < 4.78 is 0. The van der Waals surface area contributed by atoms with Crippen LogP contribution in [0.1, 0.15) is 58.8 Å². The Balaban J connectivity index is 3.67. The highest BCUT2D eigenvalue weighted by Gasteiger charge is 2.22. The molecule has 0 aromatic rings. The second kappa shape index (κ2) is 7.34. The van der Waals surface area contributed by atoms with Gasteiger partial charge in [0.25, 0.3) is 0 Å². The lowest BCUT2D eigenvalue weighted by molar-refractivity contribution is 0.172. The van der Waals surface area contributed by atoms with Crippen LogP contribution in [0.5, 0.6) is 0 Å². The zero-order chi connectivity index (χ0) is 10.2. The molecule has 0 saturated carbocycles. The predicted molar refractivity (Wildman–Crippen MR) is 57.7 cm³/mol. The summed E-state index contributed by atoms with van der Waals surface area (Å²) in [5.74, 6) is 0. The first kappa shape index (κ1) is 12.9. The fraction of sp³-hybridized carbons (Fsp3) is 1.00. The summed E-state index contributed by atoms with van der Waals surface area (Å²) in [6.45, 7) is 4.48. The van der Waals surface area contributed by atoms with E-state index in [0.717, 1.165) is 32.1 Å². The third-order valence-electron chi connectivity index (χ3n) is 2.62. The number of aliphatic hydroxyl groups excluding tert-OH is 1. The van der Waals surface area contributed by atoms with Crippen molar-refractivity contribution in [3.8, 4) is 0 Å². The highest BCUT2D eigenvalue weighted by molar-refractivity contribution is 4.82. The first-order valence-electron chi connectivity index (χ1n) is 5.58. The van der Waals surface area contributed by atoms with Crippen molar-refractivity contribution in [1.29, 1.82) is 0 Å². The Kier molecular flexibility index (Phi) is 7.29. The minimum absolute atomic E-state index is 0.136. The lowest BCUT2D eigenvalue weighted by atomic mass is 9.89. The summed E-state index contributed by atoms with van der Waals surface area (Å²) in [6.07, 6.45) is 7.81. The molecule has 0 fully saturated rings. The zero-order valence-electron chi connectivity index (χ0n) is 9.18. The third kappa shape index (κ3) is 6.05. The van der Waals surface area contributed by atoms with Gasteiger partial charge >= 0.3 is 0 Å². The molecule has 0 aromatic carbocycles. The first-order chi connectivity index (χ1) is 6.18. The Morgan fingerprint density at radius 2 is 1.54 bits per heavy atom. The van der Waals surface area contributed by atoms with Crippen molar-refractivity contribution >= 4 is 0 Å². The standard InChI is InChI=1S/C11H25NO/c1-3-5-7-9-11(12,10-13)8-6-4-2/h13H,3-10,12H2,1-2H3. The summed E-state index contributed by atoms with van der Waals surface area (Å²) >= 11 is 0. The number of unbranched alkanes of at least 4 members (excludes halogenated alkanes) is 3. The lowest BCUT2D eigenvalue weighted by Crippen LogP contribution is -2.43. The molecule has 3 N–H and O–H groups in total. The molecule has 1 atom stereocenters. The molecule has 0 saturated heterocycles. The fourth-order valence-corrected chi connectivity index (χ4v) is 1.54. The monoisotopic (exact) mass is 187 g/mol. The third-order valence-corrected chi connectivity index (χ3v) is 2.62. The van der Waals surface area contributed by atoms with Crippen molar-refractivity contribution in [2.45, 2.75) is 64.3 Å². The molecule has 0 amide bonds. The lowest BCUT2D eigenvalue weighted by Gasteiger charge is -2.27. The molecule has 1 unspecified atom stereocenters. The van der Waals surface area contributed by atoms with Gasteiger partial charge in [0, 0.05) is 5.54 Å². The maximum absolute atomic E-state index is 9.19. The first-order valence-corrected chi connectivity index (χ1v) is 5.58. The second-order valence-electron chi connectivity index (χ2n) is 4.08. The molecule has 0 aliphatic heterocycles. The van der Waals surface area contributed by atoms with Gasteiger partial charge in [-0.25, -0.2) is 0 Å². The minimum atomic E-state index is -0.300. The Bertz CT molecular complexity index is 117. The van der Waals surface area contributed by atoms with Gasteiger partial charge in [-0.15, -0.1) is 0 Å². The van der Waals surface area contributed by atoms with Crippen LogP contribution in [0.25, 0.3) is 0 Å². The van der Waals surface area contributed by atoms with Crippen LogP contribution < -0.4 is 5.73 Å². The van der Waals surface area contributed by atoms with Crippen LogP contribution in [0.3, 0.4) is 0 Å². The molecule has 0 aliphatic carbocycles. The number of hydrogen-bond acceptors (Lipinski definition) is 2. The van der Waals surface area contributed by atoms with E-state index in [9.17, 15) is 5.11 Å². The maximum atomic E-state index is 9.19. The number of hydrogen-bond donors (Lipinski definition) is 2. The highest BCUT2D eigenvalue weighted by atomic mass is 16.3. The molecule has 0 heterocycles. The van der Waals surface area contributed by atoms with E-state index in [-0.39, 0.29) is 12.1 Å². The molecular weight excluding hydrogens is 162 g/mol. The van der Waals surface area contributed by atoms with Crippen LogP contribution in [-0.4, -0.2) is 17.3 Å². The number of aliphatic hydroxyl groups is 1. The van der Waals surface area contributed by atoms with E-state index in [0.29, 0.717) is 0 Å². The Labute approximate surface area is 82.5 Å². The second-order valence-corrected chi connectivity index (χ2v) is 4.08. The van der Waals surface area contributed by atoms with Gasteiger partial charge in [0.05, 0.1) is 6.61 Å². The SMILES string of the molecule is CCCCCC(N)(CO)CCCC. The van der Waals surface area contributed by atoms with Crippen molar-refractivity contribution < 1.29 is 5.11 Å². The average Bonchev–Trinajstić information content (AvgIpc) is 2.15. The average molecular weight is 187 g/mol. The molecule has 0 bridgehead atoms. The van der Waals surface area contributed by atoms with Crippen molar-refractivity contribution in [2.24, 2.45) is 5.73 Å². The van der Waals surface area contributed by atoms with E-state index < -0.39 is 0 Å². The largest absolute Gasteiger partial charge is 0.394 e. The molecule has 0 aliphatic rings. The number of nitrogens with two attached hydrogens (primary N) is 1. The molecule has 80 valence electrons. The summed E-state index contributed by atoms with van der Waals surface area (Å²) in [6, 6.07) is 0. The summed E-state index contributed by atoms with van der Waals surface area (Å²) in [5.41, 5.74) is 5.77. The molecule has 0 aromatic heterocycles. The van der Waals surface area contributed by atoms with E-state index >= 15 is 0 Å². The van der Waals surface area contributed by atoms with Gasteiger partial charge in [0.2, 0.25) is 0 Å². The van der Waals surface area contributed by atoms with Crippen LogP contribution in [0, 0.1) is 0 Å². The maximum Gasteiger partial charge on any atom is 0.0611 e. The van der Waals surface area contributed by atoms with Gasteiger partial charge in [-0.05, 0) is 12.8 Å². The van der Waals surface area contributed by atoms with Gasteiger partial charge in [0.1, 0.15) is 0 Å². The molecular formula is C11H25NO. The molecule has 13 heavy (non-hydrogen) atoms. The Morgan fingerprint density at radius 3 is 2.00 bits per heavy atom. The van der Waals surface area contributed by atoms with Crippen molar-refractivity contribution in [2.75, 3.05) is 6.61 Å². The molecule has 2 heteroatoms. The van der Waals surface area contributed by atoms with Crippen molar-refractivity contribution in [3.05, 3.63) is 0 Å². The van der Waals surface area contributed by atoms with Gasteiger partial charge < -0.3 is 10.8 Å². The van der Waals surface area contributed by atoms with Gasteiger partial charge in [-0.1, -0.05) is 46.0 Å². The topological polar surface area (TPSA) is 46.2 Å². The summed E-state index contributed by atoms with van der Waals surface area (Å²) in [5, 5.41) is 9.19. The van der Waals surface area contributed by atoms with E-state index in [1.54, 1.807) is 0 Å². The van der Waals surface area contributed by atoms with E-state index in [4.69, 9.17) is 5.73 Å². The predicted octanol–water partition coefficient (Wildman–Crippen LogP) is 2.45. The van der Waals surface area contributed by atoms with Crippen LogP contribution in [-0.2, 0) is 0 Å². The van der Waals surface area contributed by atoms with Crippen LogP contribution in [0.15, 0.2) is 0 Å². The van der Waals surface area contributed by atoms with E-state index in [1.165, 1.54) is 12.8 Å². The quantitative estimate of drug-likeness (QED) is 0.573. The smallest absolute Gasteiger partial charge is 0.0611 e. The summed E-state index contributed by atoms with van der Waals surface area (Å²) in [7, 11) is 0. The van der Waals surface area contributed by atoms with Gasteiger partial charge in [0.15, 0.2) is 0 Å².